The first-order valence-electron chi connectivity index (χ1n) is 6.72. The number of para-hydroxylation sites is 1. The molecule has 0 saturated heterocycles. The fraction of sp³-hybridized carbons (Fsp3) is 0.467. The van der Waals surface area contributed by atoms with Crippen LogP contribution in [0, 0.1) is 0 Å². The molecule has 0 aliphatic heterocycles. The molecule has 1 aromatic rings. The number of amides is 1. The Morgan fingerprint density at radius 2 is 1.95 bits per heavy atom. The molecule has 0 saturated carbocycles. The second-order valence-electron chi connectivity index (χ2n) is 4.53. The molecule has 0 spiro atoms. The molecule has 0 heterocycles. The van der Waals surface area contributed by atoms with E-state index < -0.39 is 12.0 Å². The van der Waals surface area contributed by atoms with Crippen LogP contribution in [0.1, 0.15) is 26.2 Å². The van der Waals surface area contributed by atoms with Gasteiger partial charge in [0.1, 0.15) is 11.8 Å². The summed E-state index contributed by atoms with van der Waals surface area (Å²) in [5.41, 5.74) is 0. The molecule has 5 heteroatoms. The summed E-state index contributed by atoms with van der Waals surface area (Å²) in [6, 6.07) is 8.62. The maximum absolute atomic E-state index is 11.9. The average Bonchev–Trinajstić information content (AvgIpc) is 2.44. The van der Waals surface area contributed by atoms with Gasteiger partial charge in [0, 0.05) is 13.5 Å². The number of hydrogen-bond acceptors (Lipinski definition) is 3. The van der Waals surface area contributed by atoms with Crippen LogP contribution in [0.15, 0.2) is 30.3 Å². The maximum atomic E-state index is 11.9. The molecular formula is C15H21NO4. The molecule has 110 valence electrons. The fourth-order valence-corrected chi connectivity index (χ4v) is 1.89. The molecule has 1 aromatic carbocycles. The van der Waals surface area contributed by atoms with Gasteiger partial charge < -0.3 is 14.7 Å². The number of carboxylic acid groups (broad SMARTS) is 1. The topological polar surface area (TPSA) is 66.8 Å². The molecule has 1 rings (SSSR count). The van der Waals surface area contributed by atoms with E-state index in [-0.39, 0.29) is 12.3 Å². The minimum Gasteiger partial charge on any atom is -0.494 e. The molecular weight excluding hydrogens is 258 g/mol. The van der Waals surface area contributed by atoms with E-state index in [1.807, 2.05) is 30.3 Å². The number of rotatable bonds is 8. The van der Waals surface area contributed by atoms with Crippen molar-refractivity contribution in [2.75, 3.05) is 13.7 Å². The second-order valence-corrected chi connectivity index (χ2v) is 4.53. The van der Waals surface area contributed by atoms with Gasteiger partial charge in [-0.1, -0.05) is 25.1 Å². The van der Waals surface area contributed by atoms with Crippen molar-refractivity contribution in [3.05, 3.63) is 30.3 Å². The molecule has 0 fully saturated rings. The number of carbonyl (C=O) groups is 2. The maximum Gasteiger partial charge on any atom is 0.326 e. The highest BCUT2D eigenvalue weighted by atomic mass is 16.5. The van der Waals surface area contributed by atoms with E-state index >= 15 is 0 Å². The Hall–Kier alpha value is -2.04. The van der Waals surface area contributed by atoms with E-state index in [2.05, 4.69) is 0 Å². The summed E-state index contributed by atoms with van der Waals surface area (Å²) in [7, 11) is 1.53. The van der Waals surface area contributed by atoms with Gasteiger partial charge in [-0.15, -0.1) is 0 Å². The van der Waals surface area contributed by atoms with Gasteiger partial charge in [-0.3, -0.25) is 4.79 Å². The van der Waals surface area contributed by atoms with Gasteiger partial charge in [0.2, 0.25) is 5.91 Å². The lowest BCUT2D eigenvalue weighted by Gasteiger charge is -2.23. The molecule has 0 radical (unpaired) electrons. The largest absolute Gasteiger partial charge is 0.494 e. The van der Waals surface area contributed by atoms with Crippen molar-refractivity contribution >= 4 is 11.9 Å². The highest BCUT2D eigenvalue weighted by molar-refractivity contribution is 5.83. The monoisotopic (exact) mass is 279 g/mol. The quantitative estimate of drug-likeness (QED) is 0.741. The average molecular weight is 279 g/mol. The van der Waals surface area contributed by atoms with Gasteiger partial charge in [-0.05, 0) is 25.0 Å². The van der Waals surface area contributed by atoms with Gasteiger partial charge in [0.25, 0.3) is 0 Å². The van der Waals surface area contributed by atoms with Crippen LogP contribution in [-0.4, -0.2) is 41.6 Å². The van der Waals surface area contributed by atoms with Gasteiger partial charge in [-0.25, -0.2) is 4.79 Å². The standard InChI is InChI=1S/C15H21NO4/c1-3-13(15(18)19)16(2)14(17)10-7-11-20-12-8-5-4-6-9-12/h4-6,8-9,13H,3,7,10-11H2,1-2H3,(H,18,19). The lowest BCUT2D eigenvalue weighted by atomic mass is 10.2. The lowest BCUT2D eigenvalue weighted by Crippen LogP contribution is -2.41. The molecule has 20 heavy (non-hydrogen) atoms. The molecule has 1 N–H and O–H groups in total. The van der Waals surface area contributed by atoms with Crippen molar-refractivity contribution in [1.82, 2.24) is 4.90 Å². The zero-order chi connectivity index (χ0) is 15.0. The van der Waals surface area contributed by atoms with Gasteiger partial charge in [-0.2, -0.15) is 0 Å². The molecule has 1 amide bonds. The molecule has 0 aliphatic carbocycles. The predicted octanol–water partition coefficient (Wildman–Crippen LogP) is 2.17. The van der Waals surface area contributed by atoms with E-state index in [1.165, 1.54) is 11.9 Å². The van der Waals surface area contributed by atoms with Crippen LogP contribution in [-0.2, 0) is 9.59 Å². The number of aliphatic carboxylic acids is 1. The van der Waals surface area contributed by atoms with Crippen LogP contribution < -0.4 is 4.74 Å². The van der Waals surface area contributed by atoms with Crippen LogP contribution >= 0.6 is 0 Å². The Balaban J connectivity index is 2.31. The van der Waals surface area contributed by atoms with Gasteiger partial charge >= 0.3 is 5.97 Å². The fourth-order valence-electron chi connectivity index (χ4n) is 1.89. The summed E-state index contributed by atoms with van der Waals surface area (Å²) in [4.78, 5) is 24.1. The molecule has 5 nitrogen and oxygen atoms in total. The highest BCUT2D eigenvalue weighted by Crippen LogP contribution is 2.10. The Labute approximate surface area is 119 Å². The van der Waals surface area contributed by atoms with Crippen molar-refractivity contribution in [3.8, 4) is 5.75 Å². The van der Waals surface area contributed by atoms with Crippen molar-refractivity contribution in [2.45, 2.75) is 32.2 Å². The third-order valence-electron chi connectivity index (χ3n) is 3.08. The third-order valence-corrected chi connectivity index (χ3v) is 3.08. The summed E-state index contributed by atoms with van der Waals surface area (Å²) in [5.74, 6) is -0.370. The first-order chi connectivity index (χ1) is 9.56. The first-order valence-corrected chi connectivity index (χ1v) is 6.72. The summed E-state index contributed by atoms with van der Waals surface area (Å²) in [5, 5.41) is 8.99. The van der Waals surface area contributed by atoms with E-state index in [9.17, 15) is 9.59 Å². The minimum atomic E-state index is -0.969. The van der Waals surface area contributed by atoms with Crippen LogP contribution in [0.5, 0.6) is 5.75 Å². The van der Waals surface area contributed by atoms with Crippen LogP contribution in [0.2, 0.25) is 0 Å². The smallest absolute Gasteiger partial charge is 0.326 e. The minimum absolute atomic E-state index is 0.170. The van der Waals surface area contributed by atoms with Crippen LogP contribution in [0.3, 0.4) is 0 Å². The van der Waals surface area contributed by atoms with Crippen LogP contribution in [0.4, 0.5) is 0 Å². The van der Waals surface area contributed by atoms with E-state index in [0.717, 1.165) is 5.75 Å². The summed E-state index contributed by atoms with van der Waals surface area (Å²) < 4.78 is 5.48. The molecule has 0 aromatic heterocycles. The molecule has 0 bridgehead atoms. The Morgan fingerprint density at radius 3 is 2.50 bits per heavy atom. The SMILES string of the molecule is CCC(C(=O)O)N(C)C(=O)CCCOc1ccccc1. The summed E-state index contributed by atoms with van der Waals surface area (Å²) in [6.45, 7) is 2.19. The first kappa shape index (κ1) is 16.0. The predicted molar refractivity (Wildman–Crippen MR) is 75.7 cm³/mol. The number of ether oxygens (including phenoxy) is 1. The number of likely N-dealkylation sites (N-methyl/N-ethyl adjacent to an activating group) is 1. The summed E-state index contributed by atoms with van der Waals surface area (Å²) in [6.07, 6.45) is 1.25. The molecule has 1 unspecified atom stereocenters. The van der Waals surface area contributed by atoms with E-state index in [0.29, 0.717) is 19.4 Å². The highest BCUT2D eigenvalue weighted by Gasteiger charge is 2.23. The van der Waals surface area contributed by atoms with Crippen molar-refractivity contribution in [2.24, 2.45) is 0 Å². The lowest BCUT2D eigenvalue weighted by molar-refractivity contribution is -0.149. The molecule has 1 atom stereocenters. The third kappa shape index (κ3) is 4.91. The Morgan fingerprint density at radius 1 is 1.30 bits per heavy atom. The van der Waals surface area contributed by atoms with Crippen molar-refractivity contribution in [1.29, 1.82) is 0 Å². The second kappa shape index (κ2) is 8.19. The Bertz CT molecular complexity index is 433. The number of carbonyl (C=O) groups excluding carboxylic acids is 1. The van der Waals surface area contributed by atoms with E-state index in [4.69, 9.17) is 9.84 Å². The summed E-state index contributed by atoms with van der Waals surface area (Å²) >= 11 is 0. The van der Waals surface area contributed by atoms with Crippen LogP contribution in [0.25, 0.3) is 0 Å². The van der Waals surface area contributed by atoms with Gasteiger partial charge in [0.05, 0.1) is 6.61 Å². The van der Waals surface area contributed by atoms with Crippen molar-refractivity contribution < 1.29 is 19.4 Å². The Kier molecular flexibility index (Phi) is 6.56. The zero-order valence-corrected chi connectivity index (χ0v) is 11.9. The molecule has 0 aliphatic rings. The number of hydrogen-bond donors (Lipinski definition) is 1. The van der Waals surface area contributed by atoms with E-state index in [1.54, 1.807) is 6.92 Å². The number of carboxylic acids is 1. The number of benzene rings is 1. The zero-order valence-electron chi connectivity index (χ0n) is 11.9. The van der Waals surface area contributed by atoms with Crippen molar-refractivity contribution in [3.63, 3.8) is 0 Å². The van der Waals surface area contributed by atoms with Gasteiger partial charge in [0.15, 0.2) is 0 Å². The number of nitrogens with zero attached hydrogens (tertiary/aromatic N) is 1. The normalized spacial score (nSPS) is 11.7.